The van der Waals surface area contributed by atoms with Gasteiger partial charge in [0.25, 0.3) is 15.9 Å². The topological polar surface area (TPSA) is 84.5 Å². The van der Waals surface area contributed by atoms with Crippen molar-refractivity contribution < 1.29 is 17.9 Å². The van der Waals surface area contributed by atoms with E-state index in [0.29, 0.717) is 17.8 Å². The highest BCUT2D eigenvalue weighted by atomic mass is 32.2. The van der Waals surface area contributed by atoms with Crippen LogP contribution in [0.1, 0.15) is 27.9 Å². The first-order valence-electron chi connectivity index (χ1n) is 9.98. The predicted molar refractivity (Wildman–Crippen MR) is 122 cm³/mol. The van der Waals surface area contributed by atoms with Gasteiger partial charge in [0.05, 0.1) is 12.0 Å². The van der Waals surface area contributed by atoms with E-state index in [1.807, 2.05) is 31.2 Å². The van der Waals surface area contributed by atoms with Gasteiger partial charge in [-0.15, -0.1) is 0 Å². The Labute approximate surface area is 183 Å². The van der Waals surface area contributed by atoms with E-state index in [-0.39, 0.29) is 10.8 Å². The summed E-state index contributed by atoms with van der Waals surface area (Å²) in [5.74, 6) is 0.570. The molecule has 0 aromatic heterocycles. The number of ether oxygens (including phenoxy) is 1. The van der Waals surface area contributed by atoms with Crippen LogP contribution in [-0.4, -0.2) is 28.0 Å². The molecule has 0 radical (unpaired) electrons. The van der Waals surface area contributed by atoms with Crippen molar-refractivity contribution in [3.8, 4) is 5.75 Å². The zero-order valence-electron chi connectivity index (χ0n) is 17.6. The Balaban J connectivity index is 1.55. The molecule has 3 rings (SSSR count). The summed E-state index contributed by atoms with van der Waals surface area (Å²) >= 11 is 0. The van der Waals surface area contributed by atoms with E-state index in [2.05, 4.69) is 10.0 Å². The lowest BCUT2D eigenvalue weighted by Crippen LogP contribution is -2.25. The van der Waals surface area contributed by atoms with Gasteiger partial charge in [0, 0.05) is 17.8 Å². The largest absolute Gasteiger partial charge is 0.497 e. The van der Waals surface area contributed by atoms with Gasteiger partial charge >= 0.3 is 0 Å². The van der Waals surface area contributed by atoms with Gasteiger partial charge in [-0.2, -0.15) is 0 Å². The number of sulfonamides is 1. The third kappa shape index (κ3) is 6.33. The van der Waals surface area contributed by atoms with Gasteiger partial charge in [-0.05, 0) is 67.8 Å². The molecule has 0 aliphatic heterocycles. The fraction of sp³-hybridized carbons (Fsp3) is 0.208. The van der Waals surface area contributed by atoms with Crippen molar-refractivity contribution in [2.75, 3.05) is 18.4 Å². The molecule has 0 atom stereocenters. The van der Waals surface area contributed by atoms with Crippen molar-refractivity contribution in [1.29, 1.82) is 0 Å². The average molecular weight is 439 g/mol. The van der Waals surface area contributed by atoms with Crippen molar-refractivity contribution in [2.45, 2.75) is 24.7 Å². The zero-order valence-corrected chi connectivity index (χ0v) is 18.4. The van der Waals surface area contributed by atoms with Crippen molar-refractivity contribution in [1.82, 2.24) is 5.32 Å². The van der Waals surface area contributed by atoms with Crippen LogP contribution in [0.15, 0.2) is 77.7 Å². The molecule has 6 nitrogen and oxygen atoms in total. The van der Waals surface area contributed by atoms with E-state index < -0.39 is 10.0 Å². The fourth-order valence-corrected chi connectivity index (χ4v) is 4.09. The molecule has 3 aromatic rings. The quantitative estimate of drug-likeness (QED) is 0.491. The number of nitrogens with one attached hydrogen (secondary N) is 2. The van der Waals surface area contributed by atoms with Gasteiger partial charge in [0.2, 0.25) is 0 Å². The van der Waals surface area contributed by atoms with E-state index in [9.17, 15) is 13.2 Å². The molecule has 0 aliphatic rings. The summed E-state index contributed by atoms with van der Waals surface area (Å²) in [7, 11) is -2.09. The molecular weight excluding hydrogens is 412 g/mol. The number of hydrogen-bond donors (Lipinski definition) is 2. The second kappa shape index (κ2) is 10.1. The van der Waals surface area contributed by atoms with E-state index in [4.69, 9.17) is 4.74 Å². The third-order valence-corrected chi connectivity index (χ3v) is 6.19. The van der Waals surface area contributed by atoms with Gasteiger partial charge in [-0.3, -0.25) is 9.52 Å². The standard InChI is InChI=1S/C24H26N2O4S/c1-18-8-14-23(15-9-18)31(28,29)26-21-7-3-6-20(17-21)24(27)25-16-4-5-19-10-12-22(30-2)13-11-19/h3,6-15,17,26H,4-5,16H2,1-2H3,(H,25,27). The van der Waals surface area contributed by atoms with Crippen LogP contribution in [0.25, 0.3) is 0 Å². The second-order valence-corrected chi connectivity index (χ2v) is 8.89. The van der Waals surface area contributed by atoms with Crippen molar-refractivity contribution in [3.63, 3.8) is 0 Å². The van der Waals surface area contributed by atoms with Crippen LogP contribution in [0.3, 0.4) is 0 Å². The van der Waals surface area contributed by atoms with Crippen LogP contribution in [0.4, 0.5) is 5.69 Å². The van der Waals surface area contributed by atoms with Crippen molar-refractivity contribution >= 4 is 21.6 Å². The van der Waals surface area contributed by atoms with Crippen LogP contribution in [0.2, 0.25) is 0 Å². The molecule has 162 valence electrons. The number of aryl methyl sites for hydroxylation is 2. The van der Waals surface area contributed by atoms with Gasteiger partial charge in [0.1, 0.15) is 5.75 Å². The van der Waals surface area contributed by atoms with Crippen molar-refractivity contribution in [2.24, 2.45) is 0 Å². The number of benzene rings is 3. The highest BCUT2D eigenvalue weighted by Crippen LogP contribution is 2.18. The Morgan fingerprint density at radius 2 is 1.68 bits per heavy atom. The first-order valence-corrected chi connectivity index (χ1v) is 11.5. The fourth-order valence-electron chi connectivity index (χ4n) is 3.04. The highest BCUT2D eigenvalue weighted by Gasteiger charge is 2.15. The van der Waals surface area contributed by atoms with Gasteiger partial charge < -0.3 is 10.1 Å². The van der Waals surface area contributed by atoms with Crippen LogP contribution in [0.5, 0.6) is 5.75 Å². The number of anilines is 1. The number of rotatable bonds is 9. The van der Waals surface area contributed by atoms with Crippen LogP contribution in [-0.2, 0) is 16.4 Å². The molecule has 1 amide bonds. The molecule has 0 fully saturated rings. The third-order valence-electron chi connectivity index (χ3n) is 4.80. The first-order chi connectivity index (χ1) is 14.9. The molecule has 3 aromatic carbocycles. The number of carbonyl (C=O) groups excluding carboxylic acids is 1. The molecule has 0 bridgehead atoms. The maximum absolute atomic E-state index is 12.6. The lowest BCUT2D eigenvalue weighted by molar-refractivity contribution is 0.0953. The predicted octanol–water partition coefficient (Wildman–Crippen LogP) is 4.17. The van der Waals surface area contributed by atoms with E-state index in [1.54, 1.807) is 49.6 Å². The van der Waals surface area contributed by atoms with Crippen LogP contribution in [0, 0.1) is 6.92 Å². The molecule has 31 heavy (non-hydrogen) atoms. The summed E-state index contributed by atoms with van der Waals surface area (Å²) in [5, 5.41) is 2.88. The normalized spacial score (nSPS) is 11.0. The average Bonchev–Trinajstić information content (AvgIpc) is 2.77. The molecule has 7 heteroatoms. The Kier molecular flexibility index (Phi) is 7.31. The summed E-state index contributed by atoms with van der Waals surface area (Å²) in [6, 6.07) is 20.9. The summed E-state index contributed by atoms with van der Waals surface area (Å²) in [4.78, 5) is 12.6. The molecule has 0 heterocycles. The maximum atomic E-state index is 12.6. The Morgan fingerprint density at radius 1 is 0.968 bits per heavy atom. The molecule has 2 N–H and O–H groups in total. The minimum absolute atomic E-state index is 0.173. The smallest absolute Gasteiger partial charge is 0.261 e. The number of carbonyl (C=O) groups is 1. The second-order valence-electron chi connectivity index (χ2n) is 7.21. The van der Waals surface area contributed by atoms with E-state index >= 15 is 0 Å². The highest BCUT2D eigenvalue weighted by molar-refractivity contribution is 7.92. The lowest BCUT2D eigenvalue weighted by atomic mass is 10.1. The minimum Gasteiger partial charge on any atom is -0.497 e. The minimum atomic E-state index is -3.72. The van der Waals surface area contributed by atoms with E-state index in [0.717, 1.165) is 24.2 Å². The SMILES string of the molecule is COc1ccc(CCCNC(=O)c2cccc(NS(=O)(=O)c3ccc(C)cc3)c2)cc1. The molecular formula is C24H26N2O4S. The summed E-state index contributed by atoms with van der Waals surface area (Å²) in [6.07, 6.45) is 1.62. The first kappa shape index (κ1) is 22.4. The summed E-state index contributed by atoms with van der Waals surface area (Å²) in [5.41, 5.74) is 2.88. The van der Waals surface area contributed by atoms with E-state index in [1.165, 1.54) is 11.6 Å². The molecule has 0 saturated heterocycles. The molecule has 0 aliphatic carbocycles. The maximum Gasteiger partial charge on any atom is 0.261 e. The summed E-state index contributed by atoms with van der Waals surface area (Å²) in [6.45, 7) is 2.41. The number of methoxy groups -OCH3 is 1. The zero-order chi connectivity index (χ0) is 22.3. The number of amides is 1. The van der Waals surface area contributed by atoms with Crippen LogP contribution < -0.4 is 14.8 Å². The Morgan fingerprint density at radius 3 is 2.35 bits per heavy atom. The van der Waals surface area contributed by atoms with Gasteiger partial charge in [-0.1, -0.05) is 35.9 Å². The molecule has 0 unspecified atom stereocenters. The monoisotopic (exact) mass is 438 g/mol. The van der Waals surface area contributed by atoms with Crippen molar-refractivity contribution in [3.05, 3.63) is 89.5 Å². The van der Waals surface area contributed by atoms with Gasteiger partial charge in [-0.25, -0.2) is 8.42 Å². The number of hydrogen-bond acceptors (Lipinski definition) is 4. The Bertz CT molecular complexity index is 1130. The Hall–Kier alpha value is -3.32. The van der Waals surface area contributed by atoms with Gasteiger partial charge in [0.15, 0.2) is 0 Å². The molecule has 0 spiro atoms. The molecule has 0 saturated carbocycles. The summed E-state index contributed by atoms with van der Waals surface area (Å²) < 4.78 is 32.8. The lowest BCUT2D eigenvalue weighted by Gasteiger charge is -2.10. The van der Waals surface area contributed by atoms with Crippen LogP contribution >= 0.6 is 0 Å².